The van der Waals surface area contributed by atoms with Crippen LogP contribution in [0.15, 0.2) is 71.4 Å². The van der Waals surface area contributed by atoms with Gasteiger partial charge in [-0.05, 0) is 40.6 Å². The molecule has 2 unspecified atom stereocenters. The Hall–Kier alpha value is -0.877. The predicted molar refractivity (Wildman–Crippen MR) is 231 cm³/mol. The van der Waals surface area contributed by atoms with E-state index in [-0.39, 0.29) is 46.5 Å². The molecule has 0 nitrogen and oxygen atoms in total. The number of benzene rings is 1. The van der Waals surface area contributed by atoms with Crippen molar-refractivity contribution in [1.29, 1.82) is 0 Å². The SMILES string of the molecule is C[C-]1C2=C3Cc4ccccc4C3=C3C=CCCC3C2(C)C(C)(C)C(C)(C)C1(C)C.Cl.Cl.[C-]1=CC=CC1.[CH2-]C1CCCCC1.[CH2-]C1CCCCC1.[CH2]=[Zr]. The molecule has 0 heterocycles. The molecule has 7 aliphatic carbocycles. The fourth-order valence-electron chi connectivity index (χ4n) is 10.3. The third kappa shape index (κ3) is 9.21. The maximum absolute atomic E-state index is 4.00. The van der Waals surface area contributed by atoms with E-state index in [0.29, 0.717) is 5.92 Å². The summed E-state index contributed by atoms with van der Waals surface area (Å²) in [5.74, 6) is 3.81. The second-order valence-electron chi connectivity index (χ2n) is 17.8. The van der Waals surface area contributed by atoms with Crippen molar-refractivity contribution in [2.75, 3.05) is 0 Å². The first-order valence-corrected chi connectivity index (χ1v) is 21.8. The first-order valence-electron chi connectivity index (χ1n) is 20.1. The fourth-order valence-corrected chi connectivity index (χ4v) is 10.3. The number of allylic oxidation sites excluding steroid dienone is 10. The Kier molecular flexibility index (Phi) is 18.5. The average molecular weight is 823 g/mol. The molecule has 7 aliphatic rings. The minimum absolute atomic E-state index is 0. The predicted octanol–water partition coefficient (Wildman–Crippen LogP) is 14.9. The van der Waals surface area contributed by atoms with Crippen LogP contribution in [0.4, 0.5) is 0 Å². The van der Waals surface area contributed by atoms with Gasteiger partial charge in [-0.2, -0.15) is 29.1 Å². The number of halogens is 2. The van der Waals surface area contributed by atoms with Crippen molar-refractivity contribution in [3.8, 4) is 0 Å². The zero-order chi connectivity index (χ0) is 36.7. The summed E-state index contributed by atoms with van der Waals surface area (Å²) < 4.78 is 3.34. The molecule has 2 atom stereocenters. The third-order valence-corrected chi connectivity index (χ3v) is 14.8. The monoisotopic (exact) mass is 820 g/mol. The molecular weight excluding hydrogens is 751 g/mol. The molecule has 3 saturated carbocycles. The van der Waals surface area contributed by atoms with E-state index in [4.69, 9.17) is 0 Å². The van der Waals surface area contributed by atoms with Crippen molar-refractivity contribution in [3.63, 3.8) is 0 Å². The zero-order valence-electron chi connectivity index (χ0n) is 34.3. The van der Waals surface area contributed by atoms with Gasteiger partial charge in [0.05, 0.1) is 0 Å². The topological polar surface area (TPSA) is 0 Å². The molecule has 0 saturated heterocycles. The van der Waals surface area contributed by atoms with Gasteiger partial charge in [0.25, 0.3) is 0 Å². The van der Waals surface area contributed by atoms with Crippen molar-refractivity contribution in [2.45, 2.75) is 145 Å². The van der Waals surface area contributed by atoms with Crippen molar-refractivity contribution in [2.24, 2.45) is 39.4 Å². The summed E-state index contributed by atoms with van der Waals surface area (Å²) in [6.45, 7) is 28.3. The summed E-state index contributed by atoms with van der Waals surface area (Å²) in [7, 11) is 0. The minimum atomic E-state index is 0. The van der Waals surface area contributed by atoms with Gasteiger partial charge in [-0.3, -0.25) is 6.08 Å². The van der Waals surface area contributed by atoms with Gasteiger partial charge in [-0.25, -0.2) is 18.1 Å². The second kappa shape index (κ2) is 20.3. The Morgan fingerprint density at radius 1 is 0.769 bits per heavy atom. The summed E-state index contributed by atoms with van der Waals surface area (Å²) in [5.41, 5.74) is 10.3. The van der Waals surface area contributed by atoms with E-state index in [2.05, 4.69) is 122 Å². The number of fused-ring (bicyclic) bond motifs is 6. The molecule has 0 amide bonds. The first-order chi connectivity index (χ1) is 23.8. The van der Waals surface area contributed by atoms with E-state index < -0.39 is 0 Å². The van der Waals surface area contributed by atoms with Crippen molar-refractivity contribution in [1.82, 2.24) is 0 Å². The molecule has 0 aromatic heterocycles. The van der Waals surface area contributed by atoms with Crippen LogP contribution in [0, 0.1) is 65.3 Å². The van der Waals surface area contributed by atoms with Crippen LogP contribution in [0.1, 0.15) is 150 Å². The van der Waals surface area contributed by atoms with Gasteiger partial charge in [0.1, 0.15) is 0 Å². The van der Waals surface area contributed by atoms with Gasteiger partial charge in [-0.15, -0.1) is 38.2 Å². The Morgan fingerprint density at radius 2 is 1.33 bits per heavy atom. The van der Waals surface area contributed by atoms with Crippen LogP contribution in [0.2, 0.25) is 0 Å². The zero-order valence-corrected chi connectivity index (χ0v) is 38.4. The second-order valence-corrected chi connectivity index (χ2v) is 17.8. The standard InChI is InChI=1S/C29H37.2C7H13.C5H5.CH2.2ClH.Zr/c1-18-25-22-17-19-13-9-10-14-20(19)24(22)21-15-11-12-16-23(21)29(25,8)28(6,7)27(4,5)26(18,2)3;2*1-7-5-3-2-4-6-7;1-2-4-5-3-1;;;;/h9-11,13-15,23H,12,16-17H2,1-8H3;2*7H,1-6H2;1-3H,4H2;1H2;2*1H;/q4*-1;;;;. The van der Waals surface area contributed by atoms with E-state index in [0.717, 1.165) is 24.7 Å². The maximum atomic E-state index is 4.00. The van der Waals surface area contributed by atoms with Crippen LogP contribution in [0.3, 0.4) is 0 Å². The molecule has 0 bridgehead atoms. The Labute approximate surface area is 349 Å². The molecule has 0 radical (unpaired) electrons. The molecule has 290 valence electrons. The normalized spacial score (nSPS) is 27.1. The van der Waals surface area contributed by atoms with Gasteiger partial charge in [0, 0.05) is 0 Å². The van der Waals surface area contributed by atoms with Crippen LogP contribution < -0.4 is 0 Å². The summed E-state index contributed by atoms with van der Waals surface area (Å²) in [5, 5.41) is 0. The van der Waals surface area contributed by atoms with E-state index in [1.165, 1.54) is 112 Å². The molecule has 0 aliphatic heterocycles. The van der Waals surface area contributed by atoms with Crippen LogP contribution in [-0.2, 0) is 30.7 Å². The summed E-state index contributed by atoms with van der Waals surface area (Å²) in [4.78, 5) is 0. The molecule has 0 N–H and O–H groups in total. The van der Waals surface area contributed by atoms with Crippen molar-refractivity contribution >= 4 is 34.6 Å². The Bertz CT molecular complexity index is 1410. The molecule has 0 spiro atoms. The third-order valence-electron chi connectivity index (χ3n) is 14.8. The first kappa shape index (κ1) is 47.3. The van der Waals surface area contributed by atoms with Gasteiger partial charge >= 0.3 is 28.4 Å². The van der Waals surface area contributed by atoms with Crippen LogP contribution in [0.25, 0.3) is 5.57 Å². The molecule has 3 heteroatoms. The average Bonchev–Trinajstić information content (AvgIpc) is 3.82. The van der Waals surface area contributed by atoms with Gasteiger partial charge < -0.3 is 13.8 Å². The number of hydrogen-bond donors (Lipinski definition) is 0. The Morgan fingerprint density at radius 3 is 1.79 bits per heavy atom. The van der Waals surface area contributed by atoms with Crippen LogP contribution in [-0.4, -0.2) is 4.21 Å². The summed E-state index contributed by atoms with van der Waals surface area (Å²) >= 11 is 1.30. The fraction of sp³-hybridized carbons (Fsp3) is 0.592. The molecule has 1 aromatic carbocycles. The van der Waals surface area contributed by atoms with Crippen molar-refractivity contribution in [3.05, 3.63) is 108 Å². The summed E-state index contributed by atoms with van der Waals surface area (Å²) in [6, 6.07) is 9.16. The molecule has 52 heavy (non-hydrogen) atoms. The Balaban J connectivity index is 0.000000331. The van der Waals surface area contributed by atoms with Crippen molar-refractivity contribution < 1.29 is 24.2 Å². The molecular formula is C49H72Cl2Zr-4. The van der Waals surface area contributed by atoms with Gasteiger partial charge in [-0.1, -0.05) is 178 Å². The molecule has 1 aromatic rings. The molecule has 3 fully saturated rings. The quantitative estimate of drug-likeness (QED) is 0.229. The number of hydrogen-bond acceptors (Lipinski definition) is 0. The van der Waals surface area contributed by atoms with Gasteiger partial charge in [0.2, 0.25) is 0 Å². The van der Waals surface area contributed by atoms with Crippen LogP contribution >= 0.6 is 24.8 Å². The van der Waals surface area contributed by atoms with Crippen LogP contribution in [0.5, 0.6) is 0 Å². The van der Waals surface area contributed by atoms with E-state index in [1.807, 2.05) is 12.2 Å². The summed E-state index contributed by atoms with van der Waals surface area (Å²) in [6.07, 6.45) is 32.6. The van der Waals surface area contributed by atoms with E-state index in [1.54, 1.807) is 28.2 Å². The van der Waals surface area contributed by atoms with E-state index in [9.17, 15) is 0 Å². The molecule has 8 rings (SSSR count). The number of rotatable bonds is 0. The van der Waals surface area contributed by atoms with E-state index >= 15 is 0 Å². The van der Waals surface area contributed by atoms with Gasteiger partial charge in [0.15, 0.2) is 0 Å².